The molecule has 0 aliphatic rings. The quantitative estimate of drug-likeness (QED) is 0.373. The van der Waals surface area contributed by atoms with Crippen LogP contribution in [0.3, 0.4) is 0 Å². The Kier molecular flexibility index (Phi) is 6.50. The van der Waals surface area contributed by atoms with Crippen LogP contribution in [-0.4, -0.2) is 12.6 Å². The van der Waals surface area contributed by atoms with Crippen LogP contribution in [0.1, 0.15) is 24.2 Å². The first-order valence-electron chi connectivity index (χ1n) is 8.79. The molecule has 3 rings (SSSR count). The lowest BCUT2D eigenvalue weighted by atomic mass is 10.0. The third kappa shape index (κ3) is 4.99. The first-order chi connectivity index (χ1) is 12.8. The second-order valence-electron chi connectivity index (χ2n) is 5.92. The highest BCUT2D eigenvalue weighted by Gasteiger charge is 2.18. The molecule has 0 saturated heterocycles. The fourth-order valence-electron chi connectivity index (χ4n) is 2.78. The van der Waals surface area contributed by atoms with Crippen LogP contribution in [0.4, 0.5) is 0 Å². The highest BCUT2D eigenvalue weighted by Crippen LogP contribution is 2.38. The average Bonchev–Trinajstić information content (AvgIpc) is 2.69. The zero-order valence-electron chi connectivity index (χ0n) is 14.8. The number of benzene rings is 3. The van der Waals surface area contributed by atoms with E-state index in [1.165, 1.54) is 11.1 Å². The summed E-state index contributed by atoms with van der Waals surface area (Å²) >= 11 is 1.70. The molecule has 0 heterocycles. The van der Waals surface area contributed by atoms with E-state index in [2.05, 4.69) is 48.5 Å². The number of thioether (sulfide) groups is 1. The molecule has 0 aromatic heterocycles. The van der Waals surface area contributed by atoms with Gasteiger partial charge in [-0.1, -0.05) is 72.8 Å². The molecule has 0 amide bonds. The molecule has 0 bridgehead atoms. The van der Waals surface area contributed by atoms with Crippen molar-refractivity contribution in [1.29, 1.82) is 0 Å². The maximum Gasteiger partial charge on any atom is 0.307 e. The van der Waals surface area contributed by atoms with Gasteiger partial charge in [-0.05, 0) is 35.7 Å². The van der Waals surface area contributed by atoms with Crippen molar-refractivity contribution in [2.45, 2.75) is 23.5 Å². The van der Waals surface area contributed by atoms with Gasteiger partial charge in [0, 0.05) is 10.1 Å². The maximum atomic E-state index is 12.1. The minimum atomic E-state index is -0.159. The molecular formula is C23H22O2S. The number of esters is 1. The average molecular weight is 362 g/mol. The number of hydrogen-bond donors (Lipinski definition) is 0. The Morgan fingerprint density at radius 1 is 0.846 bits per heavy atom. The van der Waals surface area contributed by atoms with Gasteiger partial charge in [0.15, 0.2) is 0 Å². The van der Waals surface area contributed by atoms with Crippen molar-refractivity contribution in [2.24, 2.45) is 0 Å². The van der Waals surface area contributed by atoms with Crippen LogP contribution >= 0.6 is 11.8 Å². The monoisotopic (exact) mass is 362 g/mol. The van der Waals surface area contributed by atoms with E-state index in [9.17, 15) is 4.79 Å². The van der Waals surface area contributed by atoms with Crippen LogP contribution in [0, 0.1) is 0 Å². The summed E-state index contributed by atoms with van der Waals surface area (Å²) < 4.78 is 5.17. The molecule has 3 aromatic rings. The van der Waals surface area contributed by atoms with Crippen LogP contribution < -0.4 is 0 Å². The lowest BCUT2D eigenvalue weighted by molar-refractivity contribution is -0.143. The first-order valence-corrected chi connectivity index (χ1v) is 9.67. The van der Waals surface area contributed by atoms with Gasteiger partial charge in [-0.3, -0.25) is 4.79 Å². The summed E-state index contributed by atoms with van der Waals surface area (Å²) in [6.07, 6.45) is 0.359. The SMILES string of the molecule is CCOC(=O)CC(Sc1ccccc1)c1ccc(-c2ccccc2)cc1. The predicted octanol–water partition coefficient (Wildman–Crippen LogP) is 6.14. The first kappa shape index (κ1) is 18.3. The maximum absolute atomic E-state index is 12.1. The third-order valence-corrected chi connectivity index (χ3v) is 5.34. The van der Waals surface area contributed by atoms with Gasteiger partial charge in [0.2, 0.25) is 0 Å². The molecule has 0 spiro atoms. The van der Waals surface area contributed by atoms with Crippen molar-refractivity contribution in [3.63, 3.8) is 0 Å². The van der Waals surface area contributed by atoms with Crippen molar-refractivity contribution in [3.05, 3.63) is 90.5 Å². The fraction of sp³-hybridized carbons (Fsp3) is 0.174. The number of ether oxygens (including phenoxy) is 1. The Balaban J connectivity index is 1.82. The van der Waals surface area contributed by atoms with Crippen molar-refractivity contribution in [3.8, 4) is 11.1 Å². The Labute approximate surface area is 159 Å². The molecule has 0 N–H and O–H groups in total. The van der Waals surface area contributed by atoms with Crippen LogP contribution in [0.2, 0.25) is 0 Å². The minimum absolute atomic E-state index is 0.0290. The van der Waals surface area contributed by atoms with Gasteiger partial charge in [0.25, 0.3) is 0 Å². The van der Waals surface area contributed by atoms with Gasteiger partial charge in [0.05, 0.1) is 13.0 Å². The Hall–Kier alpha value is -2.52. The minimum Gasteiger partial charge on any atom is -0.466 e. The van der Waals surface area contributed by atoms with E-state index in [4.69, 9.17) is 4.74 Å². The van der Waals surface area contributed by atoms with E-state index in [1.807, 2.05) is 43.3 Å². The van der Waals surface area contributed by atoms with Gasteiger partial charge < -0.3 is 4.74 Å². The van der Waals surface area contributed by atoms with E-state index < -0.39 is 0 Å². The summed E-state index contributed by atoms with van der Waals surface area (Å²) in [7, 11) is 0. The van der Waals surface area contributed by atoms with Crippen LogP contribution in [0.15, 0.2) is 89.8 Å². The molecule has 0 radical (unpaired) electrons. The number of carbonyl (C=O) groups is 1. The largest absolute Gasteiger partial charge is 0.466 e. The molecule has 0 fully saturated rings. The van der Waals surface area contributed by atoms with Gasteiger partial charge in [0.1, 0.15) is 0 Å². The van der Waals surface area contributed by atoms with E-state index in [1.54, 1.807) is 11.8 Å². The van der Waals surface area contributed by atoms with Crippen LogP contribution in [0.5, 0.6) is 0 Å². The molecule has 1 unspecified atom stereocenters. The summed E-state index contributed by atoms with van der Waals surface area (Å²) in [6, 6.07) is 28.9. The van der Waals surface area contributed by atoms with E-state index in [0.717, 1.165) is 10.5 Å². The Bertz CT molecular complexity index is 814. The van der Waals surface area contributed by atoms with E-state index in [0.29, 0.717) is 13.0 Å². The van der Waals surface area contributed by atoms with Crippen molar-refractivity contribution in [2.75, 3.05) is 6.61 Å². The smallest absolute Gasteiger partial charge is 0.307 e. The molecule has 1 atom stereocenters. The van der Waals surface area contributed by atoms with E-state index in [-0.39, 0.29) is 11.2 Å². The van der Waals surface area contributed by atoms with Crippen LogP contribution in [-0.2, 0) is 9.53 Å². The topological polar surface area (TPSA) is 26.3 Å². The molecule has 26 heavy (non-hydrogen) atoms. The molecule has 2 nitrogen and oxygen atoms in total. The fourth-order valence-corrected chi connectivity index (χ4v) is 3.94. The predicted molar refractivity (Wildman–Crippen MR) is 108 cm³/mol. The second-order valence-corrected chi connectivity index (χ2v) is 7.19. The van der Waals surface area contributed by atoms with Gasteiger partial charge >= 0.3 is 5.97 Å². The summed E-state index contributed by atoms with van der Waals surface area (Å²) in [4.78, 5) is 13.2. The molecule has 132 valence electrons. The normalized spacial score (nSPS) is 11.7. The van der Waals surface area contributed by atoms with Crippen molar-refractivity contribution in [1.82, 2.24) is 0 Å². The summed E-state index contributed by atoms with van der Waals surface area (Å²) in [5.74, 6) is -0.159. The summed E-state index contributed by atoms with van der Waals surface area (Å²) in [6.45, 7) is 2.25. The van der Waals surface area contributed by atoms with Gasteiger partial charge in [-0.25, -0.2) is 0 Å². The number of rotatable bonds is 7. The lowest BCUT2D eigenvalue weighted by Crippen LogP contribution is -2.08. The van der Waals surface area contributed by atoms with E-state index >= 15 is 0 Å². The standard InChI is InChI=1S/C23H22O2S/c1-2-25-23(24)17-22(26-21-11-7-4-8-12-21)20-15-13-19(14-16-20)18-9-5-3-6-10-18/h3-16,22H,2,17H2,1H3. The molecule has 0 saturated carbocycles. The Morgan fingerprint density at radius 2 is 1.42 bits per heavy atom. The molecule has 3 heteroatoms. The second kappa shape index (κ2) is 9.25. The lowest BCUT2D eigenvalue weighted by Gasteiger charge is -2.17. The van der Waals surface area contributed by atoms with Crippen LogP contribution in [0.25, 0.3) is 11.1 Å². The highest BCUT2D eigenvalue weighted by atomic mass is 32.2. The van der Waals surface area contributed by atoms with Crippen molar-refractivity contribution >= 4 is 17.7 Å². The number of hydrogen-bond acceptors (Lipinski definition) is 3. The van der Waals surface area contributed by atoms with Gasteiger partial charge in [-0.2, -0.15) is 0 Å². The molecule has 0 aliphatic heterocycles. The molecule has 0 aliphatic carbocycles. The molecular weight excluding hydrogens is 340 g/mol. The summed E-state index contributed by atoms with van der Waals surface area (Å²) in [5.41, 5.74) is 3.50. The zero-order chi connectivity index (χ0) is 18.2. The highest BCUT2D eigenvalue weighted by molar-refractivity contribution is 7.99. The number of carbonyl (C=O) groups excluding carboxylic acids is 1. The third-order valence-electron chi connectivity index (χ3n) is 4.07. The molecule has 3 aromatic carbocycles. The Morgan fingerprint density at radius 3 is 2.04 bits per heavy atom. The van der Waals surface area contributed by atoms with Gasteiger partial charge in [-0.15, -0.1) is 11.8 Å². The zero-order valence-corrected chi connectivity index (χ0v) is 15.6. The summed E-state index contributed by atoms with van der Waals surface area (Å²) in [5, 5.41) is 0.0290. The van der Waals surface area contributed by atoms with Crippen molar-refractivity contribution < 1.29 is 9.53 Å².